The van der Waals surface area contributed by atoms with Gasteiger partial charge in [0, 0.05) is 16.1 Å². The van der Waals surface area contributed by atoms with Crippen molar-refractivity contribution < 1.29 is 34.0 Å². The number of hydrogen-bond acceptors (Lipinski definition) is 6. The van der Waals surface area contributed by atoms with Crippen LogP contribution in [0, 0.1) is 10.8 Å². The Bertz CT molecular complexity index is 525. The third-order valence-electron chi connectivity index (χ3n) is 5.19. The van der Waals surface area contributed by atoms with Crippen LogP contribution in [0.1, 0.15) is 60.8 Å². The number of carbonyl (C=O) groups is 2. The molecule has 9 heteroatoms. The van der Waals surface area contributed by atoms with Gasteiger partial charge in [-0.1, -0.05) is 45.7 Å². The number of hydrogen-bond donors (Lipinski definition) is 2. The number of esters is 1. The third-order valence-corrected chi connectivity index (χ3v) is 7.46. The van der Waals surface area contributed by atoms with Crippen molar-refractivity contribution in [1.82, 2.24) is 0 Å². The minimum atomic E-state index is -0.773. The van der Waals surface area contributed by atoms with Crippen LogP contribution in [-0.2, 0) is 23.8 Å². The SMILES string of the molecule is CCC(C)(C)O.CCC(C)(C)OC(=O)CC1(CBr)COC1.O=C(O)C1(CBr)COC1. The Morgan fingerprint density at radius 3 is 1.60 bits per heavy atom. The van der Waals surface area contributed by atoms with Gasteiger partial charge in [-0.3, -0.25) is 9.59 Å². The second kappa shape index (κ2) is 12.7. The van der Waals surface area contributed by atoms with E-state index in [4.69, 9.17) is 24.4 Å². The smallest absolute Gasteiger partial charge is 0.315 e. The fourth-order valence-corrected chi connectivity index (χ4v) is 3.03. The Hall–Kier alpha value is -0.220. The minimum Gasteiger partial charge on any atom is -0.481 e. The highest BCUT2D eigenvalue weighted by Crippen LogP contribution is 2.34. The van der Waals surface area contributed by atoms with E-state index in [1.54, 1.807) is 13.8 Å². The Morgan fingerprint density at radius 2 is 1.43 bits per heavy atom. The number of aliphatic carboxylic acids is 1. The van der Waals surface area contributed by atoms with Crippen LogP contribution in [0.3, 0.4) is 0 Å². The normalized spacial score (nSPS) is 19.0. The molecule has 2 saturated heterocycles. The van der Waals surface area contributed by atoms with Gasteiger partial charge in [0.2, 0.25) is 0 Å². The highest BCUT2D eigenvalue weighted by atomic mass is 79.9. The van der Waals surface area contributed by atoms with Gasteiger partial charge >= 0.3 is 11.9 Å². The molecule has 2 fully saturated rings. The summed E-state index contributed by atoms with van der Waals surface area (Å²) in [7, 11) is 0. The lowest BCUT2D eigenvalue weighted by Crippen LogP contribution is -2.50. The minimum absolute atomic E-state index is 0.0269. The monoisotopic (exact) mass is 560 g/mol. The molecule has 0 atom stereocenters. The average molecular weight is 562 g/mol. The van der Waals surface area contributed by atoms with Gasteiger partial charge in [-0.2, -0.15) is 0 Å². The first-order valence-electron chi connectivity index (χ1n) is 10.2. The van der Waals surface area contributed by atoms with E-state index in [1.165, 1.54) is 0 Å². The molecular weight excluding hydrogens is 524 g/mol. The molecule has 0 spiro atoms. The van der Waals surface area contributed by atoms with Gasteiger partial charge in [0.05, 0.1) is 38.4 Å². The first-order valence-corrected chi connectivity index (χ1v) is 12.4. The number of carboxylic acid groups (broad SMARTS) is 1. The molecule has 0 unspecified atom stereocenters. The fourth-order valence-electron chi connectivity index (χ4n) is 1.95. The van der Waals surface area contributed by atoms with Crippen LogP contribution in [-0.4, -0.2) is 70.4 Å². The quantitative estimate of drug-likeness (QED) is 0.338. The van der Waals surface area contributed by atoms with Crippen LogP contribution in [0.5, 0.6) is 0 Å². The first-order chi connectivity index (χ1) is 13.7. The van der Waals surface area contributed by atoms with Crippen molar-refractivity contribution in [2.45, 2.75) is 72.0 Å². The molecule has 30 heavy (non-hydrogen) atoms. The topological polar surface area (TPSA) is 102 Å². The van der Waals surface area contributed by atoms with Gasteiger partial charge in [0.15, 0.2) is 0 Å². The molecule has 0 saturated carbocycles. The summed E-state index contributed by atoms with van der Waals surface area (Å²) in [6.07, 6.45) is 2.10. The molecule has 178 valence electrons. The zero-order valence-electron chi connectivity index (χ0n) is 19.1. The maximum Gasteiger partial charge on any atom is 0.315 e. The molecule has 2 aliphatic heterocycles. The van der Waals surface area contributed by atoms with Crippen LogP contribution < -0.4 is 0 Å². The van der Waals surface area contributed by atoms with Gasteiger partial charge in [-0.25, -0.2) is 0 Å². The van der Waals surface area contributed by atoms with E-state index in [9.17, 15) is 9.59 Å². The number of carbonyl (C=O) groups excluding carboxylic acids is 1. The predicted octanol–water partition coefficient (Wildman–Crippen LogP) is 4.17. The molecular formula is C21H38Br2O7. The highest BCUT2D eigenvalue weighted by molar-refractivity contribution is 9.09. The zero-order valence-corrected chi connectivity index (χ0v) is 22.2. The number of alkyl halides is 2. The number of rotatable bonds is 8. The van der Waals surface area contributed by atoms with E-state index in [0.717, 1.165) is 18.2 Å². The van der Waals surface area contributed by atoms with Gasteiger partial charge in [-0.15, -0.1) is 0 Å². The van der Waals surface area contributed by atoms with E-state index in [2.05, 4.69) is 31.9 Å². The summed E-state index contributed by atoms with van der Waals surface area (Å²) in [5, 5.41) is 18.7. The highest BCUT2D eigenvalue weighted by Gasteiger charge is 2.45. The molecule has 2 heterocycles. The summed E-state index contributed by atoms with van der Waals surface area (Å²) >= 11 is 6.54. The van der Waals surface area contributed by atoms with Crippen molar-refractivity contribution >= 4 is 43.8 Å². The largest absolute Gasteiger partial charge is 0.481 e. The number of carboxylic acids is 1. The maximum absolute atomic E-state index is 11.7. The van der Waals surface area contributed by atoms with E-state index in [-0.39, 0.29) is 17.0 Å². The van der Waals surface area contributed by atoms with Crippen LogP contribution in [0.25, 0.3) is 0 Å². The Labute approximate surface area is 197 Å². The lowest BCUT2D eigenvalue weighted by atomic mass is 9.85. The van der Waals surface area contributed by atoms with Crippen molar-refractivity contribution in [3.8, 4) is 0 Å². The summed E-state index contributed by atoms with van der Waals surface area (Å²) in [4.78, 5) is 22.1. The first kappa shape index (κ1) is 29.8. The molecule has 0 aliphatic carbocycles. The van der Waals surface area contributed by atoms with Gasteiger partial charge in [0.25, 0.3) is 0 Å². The van der Waals surface area contributed by atoms with Crippen LogP contribution in [0.4, 0.5) is 0 Å². The molecule has 0 bridgehead atoms. The van der Waals surface area contributed by atoms with Crippen molar-refractivity contribution in [3.63, 3.8) is 0 Å². The van der Waals surface area contributed by atoms with Gasteiger partial charge < -0.3 is 24.4 Å². The molecule has 2 N–H and O–H groups in total. The van der Waals surface area contributed by atoms with Crippen LogP contribution in [0.2, 0.25) is 0 Å². The Kier molecular flexibility index (Phi) is 12.6. The summed E-state index contributed by atoms with van der Waals surface area (Å²) in [5.74, 6) is -0.893. The lowest BCUT2D eigenvalue weighted by molar-refractivity contribution is -0.174. The summed E-state index contributed by atoms with van der Waals surface area (Å²) in [5.41, 5.74) is -1.46. The molecule has 2 rings (SSSR count). The Morgan fingerprint density at radius 1 is 0.967 bits per heavy atom. The second-order valence-electron chi connectivity index (χ2n) is 9.27. The van der Waals surface area contributed by atoms with Crippen molar-refractivity contribution in [2.24, 2.45) is 10.8 Å². The van der Waals surface area contributed by atoms with Gasteiger partial charge in [0.1, 0.15) is 11.0 Å². The summed E-state index contributed by atoms with van der Waals surface area (Å²) in [6.45, 7) is 13.4. The number of aliphatic hydroxyl groups is 1. The van der Waals surface area contributed by atoms with Crippen LogP contribution >= 0.6 is 31.9 Å². The molecule has 0 aromatic heterocycles. The van der Waals surface area contributed by atoms with E-state index >= 15 is 0 Å². The van der Waals surface area contributed by atoms with E-state index in [0.29, 0.717) is 38.2 Å². The number of ether oxygens (including phenoxy) is 3. The Balaban J connectivity index is 0.000000475. The zero-order chi connectivity index (χ0) is 23.6. The number of halogens is 2. The standard InChI is InChI=1S/C11H19BrO3.C5H7BrO3.C5H12O/c1-4-10(2,3)15-9(13)5-11(6-12)7-14-8-11;6-1-5(4(7)8)2-9-3-5;1-4-5(2,3)6/h4-8H2,1-3H3;1-3H2,(H,7,8);6H,4H2,1-3H3. The second-order valence-corrected chi connectivity index (χ2v) is 10.4. The predicted molar refractivity (Wildman–Crippen MR) is 123 cm³/mol. The third kappa shape index (κ3) is 10.4. The van der Waals surface area contributed by atoms with E-state index < -0.39 is 17.0 Å². The fraction of sp³-hybridized carbons (Fsp3) is 0.905. The maximum atomic E-state index is 11.7. The summed E-state index contributed by atoms with van der Waals surface area (Å²) in [6, 6.07) is 0. The molecule has 0 aromatic carbocycles. The molecule has 0 aromatic rings. The molecule has 2 aliphatic rings. The summed E-state index contributed by atoms with van der Waals surface area (Å²) < 4.78 is 15.3. The molecule has 0 radical (unpaired) electrons. The van der Waals surface area contributed by atoms with Crippen molar-refractivity contribution in [1.29, 1.82) is 0 Å². The van der Waals surface area contributed by atoms with E-state index in [1.807, 2.05) is 27.7 Å². The van der Waals surface area contributed by atoms with Crippen molar-refractivity contribution in [3.05, 3.63) is 0 Å². The average Bonchev–Trinajstić information content (AvgIpc) is 2.57. The molecule has 7 nitrogen and oxygen atoms in total. The lowest BCUT2D eigenvalue weighted by Gasteiger charge is -2.39. The van der Waals surface area contributed by atoms with Crippen molar-refractivity contribution in [2.75, 3.05) is 37.1 Å². The van der Waals surface area contributed by atoms with Crippen LogP contribution in [0.15, 0.2) is 0 Å². The molecule has 0 amide bonds. The van der Waals surface area contributed by atoms with Gasteiger partial charge in [-0.05, 0) is 40.5 Å².